The minimum absolute atomic E-state index is 0.211. The van der Waals surface area contributed by atoms with Crippen molar-refractivity contribution in [3.05, 3.63) is 93.9 Å². The first-order valence-corrected chi connectivity index (χ1v) is 10.7. The van der Waals surface area contributed by atoms with E-state index in [9.17, 15) is 9.59 Å². The Kier molecular flexibility index (Phi) is 6.30. The SMILES string of the molecule is COc1cccc(CN2C(=O)S/C(=C\c3ccc(Nc4ccc(Cl)cc4)cc3)C2=O)c1. The standard InChI is InChI=1S/C24H19ClN2O3S/c1-30-21-4-2-3-17(13-21)15-27-23(28)22(31-24(27)29)14-16-5-9-19(10-6-16)26-20-11-7-18(25)8-12-20/h2-14,26H,15H2,1H3/b22-14-. The second-order valence-electron chi connectivity index (χ2n) is 6.87. The lowest BCUT2D eigenvalue weighted by Crippen LogP contribution is -2.27. The van der Waals surface area contributed by atoms with Crippen molar-refractivity contribution in [2.24, 2.45) is 0 Å². The number of benzene rings is 3. The van der Waals surface area contributed by atoms with Crippen molar-refractivity contribution in [1.82, 2.24) is 4.90 Å². The summed E-state index contributed by atoms with van der Waals surface area (Å²) in [4.78, 5) is 26.8. The van der Waals surface area contributed by atoms with Gasteiger partial charge in [0, 0.05) is 16.4 Å². The first-order chi connectivity index (χ1) is 15.0. The molecule has 1 saturated heterocycles. The molecule has 0 saturated carbocycles. The molecule has 1 aliphatic heterocycles. The van der Waals surface area contributed by atoms with Crippen LogP contribution in [0.4, 0.5) is 16.2 Å². The first-order valence-electron chi connectivity index (χ1n) is 9.53. The highest BCUT2D eigenvalue weighted by molar-refractivity contribution is 8.18. The second-order valence-corrected chi connectivity index (χ2v) is 8.30. The Balaban J connectivity index is 1.45. The molecule has 1 fully saturated rings. The van der Waals surface area contributed by atoms with Crippen LogP contribution in [0.3, 0.4) is 0 Å². The maximum Gasteiger partial charge on any atom is 0.293 e. The van der Waals surface area contributed by atoms with Crippen LogP contribution < -0.4 is 10.1 Å². The summed E-state index contributed by atoms with van der Waals surface area (Å²) in [6, 6.07) is 22.4. The Labute approximate surface area is 189 Å². The zero-order valence-electron chi connectivity index (χ0n) is 16.7. The zero-order valence-corrected chi connectivity index (χ0v) is 18.2. The average Bonchev–Trinajstić information content (AvgIpc) is 3.04. The number of carbonyl (C=O) groups excluding carboxylic acids is 2. The minimum atomic E-state index is -0.291. The highest BCUT2D eigenvalue weighted by Gasteiger charge is 2.35. The lowest BCUT2D eigenvalue weighted by molar-refractivity contribution is -0.123. The number of nitrogens with zero attached hydrogens (tertiary/aromatic N) is 1. The third-order valence-corrected chi connectivity index (χ3v) is 5.85. The van der Waals surface area contributed by atoms with Crippen LogP contribution in [0, 0.1) is 0 Å². The largest absolute Gasteiger partial charge is 0.497 e. The number of anilines is 2. The van der Waals surface area contributed by atoms with Crippen LogP contribution in [-0.4, -0.2) is 23.2 Å². The molecule has 0 radical (unpaired) electrons. The number of thioether (sulfide) groups is 1. The van der Waals surface area contributed by atoms with Gasteiger partial charge in [0.1, 0.15) is 5.75 Å². The molecule has 31 heavy (non-hydrogen) atoms. The average molecular weight is 451 g/mol. The summed E-state index contributed by atoms with van der Waals surface area (Å²) in [6.45, 7) is 0.211. The van der Waals surface area contributed by atoms with Gasteiger partial charge < -0.3 is 10.1 Å². The maximum atomic E-state index is 12.8. The summed E-state index contributed by atoms with van der Waals surface area (Å²) in [7, 11) is 1.58. The monoisotopic (exact) mass is 450 g/mol. The van der Waals surface area contributed by atoms with E-state index in [2.05, 4.69) is 5.32 Å². The van der Waals surface area contributed by atoms with Crippen molar-refractivity contribution in [2.45, 2.75) is 6.54 Å². The van der Waals surface area contributed by atoms with Crippen molar-refractivity contribution in [3.8, 4) is 5.75 Å². The predicted molar refractivity (Wildman–Crippen MR) is 126 cm³/mol. The van der Waals surface area contributed by atoms with Gasteiger partial charge in [0.2, 0.25) is 0 Å². The van der Waals surface area contributed by atoms with E-state index in [1.165, 1.54) is 4.90 Å². The molecule has 3 aromatic rings. The molecule has 2 amide bonds. The van der Waals surface area contributed by atoms with Crippen molar-refractivity contribution >= 4 is 52.0 Å². The Morgan fingerprint density at radius 2 is 1.68 bits per heavy atom. The fourth-order valence-corrected chi connectivity index (χ4v) is 4.07. The van der Waals surface area contributed by atoms with Gasteiger partial charge in [0.05, 0.1) is 18.6 Å². The van der Waals surface area contributed by atoms with E-state index < -0.39 is 0 Å². The number of methoxy groups -OCH3 is 1. The zero-order chi connectivity index (χ0) is 21.8. The normalized spacial score (nSPS) is 14.9. The molecule has 0 atom stereocenters. The van der Waals surface area contributed by atoms with Gasteiger partial charge in [-0.15, -0.1) is 0 Å². The molecule has 3 aromatic carbocycles. The highest BCUT2D eigenvalue weighted by atomic mass is 35.5. The molecule has 4 rings (SSSR count). The maximum absolute atomic E-state index is 12.8. The molecule has 0 unspecified atom stereocenters. The van der Waals surface area contributed by atoms with E-state index in [0.29, 0.717) is 15.7 Å². The number of imide groups is 1. The van der Waals surface area contributed by atoms with E-state index >= 15 is 0 Å². The number of hydrogen-bond acceptors (Lipinski definition) is 5. The Bertz CT molecular complexity index is 1140. The Morgan fingerprint density at radius 3 is 2.35 bits per heavy atom. The predicted octanol–water partition coefficient (Wildman–Crippen LogP) is 6.33. The number of amides is 2. The minimum Gasteiger partial charge on any atom is -0.497 e. The number of nitrogens with one attached hydrogen (secondary N) is 1. The summed E-state index contributed by atoms with van der Waals surface area (Å²) in [5.41, 5.74) is 3.51. The van der Waals surface area contributed by atoms with E-state index in [4.69, 9.17) is 16.3 Å². The third kappa shape index (κ3) is 5.10. The molecule has 0 bridgehead atoms. The van der Waals surface area contributed by atoms with Gasteiger partial charge in [-0.3, -0.25) is 14.5 Å². The fourth-order valence-electron chi connectivity index (χ4n) is 3.10. The second kappa shape index (κ2) is 9.29. The lowest BCUT2D eigenvalue weighted by Gasteiger charge is -2.13. The van der Waals surface area contributed by atoms with Crippen LogP contribution in [0.2, 0.25) is 5.02 Å². The summed E-state index contributed by atoms with van der Waals surface area (Å²) in [5, 5.41) is 3.69. The summed E-state index contributed by atoms with van der Waals surface area (Å²) in [5.74, 6) is 0.397. The lowest BCUT2D eigenvalue weighted by atomic mass is 10.1. The van der Waals surface area contributed by atoms with Gasteiger partial charge in [-0.2, -0.15) is 0 Å². The van der Waals surface area contributed by atoms with Crippen LogP contribution in [-0.2, 0) is 11.3 Å². The van der Waals surface area contributed by atoms with Crippen LogP contribution in [0.15, 0.2) is 77.7 Å². The Morgan fingerprint density at radius 1 is 1.00 bits per heavy atom. The van der Waals surface area contributed by atoms with E-state index in [0.717, 1.165) is 34.3 Å². The molecule has 0 aliphatic carbocycles. The van der Waals surface area contributed by atoms with E-state index in [-0.39, 0.29) is 17.7 Å². The van der Waals surface area contributed by atoms with Gasteiger partial charge in [-0.1, -0.05) is 35.9 Å². The number of ether oxygens (including phenoxy) is 1. The van der Waals surface area contributed by atoms with Gasteiger partial charge >= 0.3 is 0 Å². The smallest absolute Gasteiger partial charge is 0.293 e. The summed E-state index contributed by atoms with van der Waals surface area (Å²) in [6.07, 6.45) is 1.74. The molecule has 5 nitrogen and oxygen atoms in total. The topological polar surface area (TPSA) is 58.6 Å². The molecule has 1 aliphatic rings. The van der Waals surface area contributed by atoms with Gasteiger partial charge in [0.25, 0.3) is 11.1 Å². The van der Waals surface area contributed by atoms with Gasteiger partial charge in [-0.25, -0.2) is 0 Å². The molecular weight excluding hydrogens is 432 g/mol. The number of carbonyl (C=O) groups is 2. The van der Waals surface area contributed by atoms with E-state index in [1.807, 2.05) is 72.8 Å². The summed E-state index contributed by atoms with van der Waals surface area (Å²) >= 11 is 6.86. The van der Waals surface area contributed by atoms with Crippen molar-refractivity contribution in [3.63, 3.8) is 0 Å². The molecule has 7 heteroatoms. The molecule has 156 valence electrons. The van der Waals surface area contributed by atoms with Crippen molar-refractivity contribution < 1.29 is 14.3 Å². The van der Waals surface area contributed by atoms with Gasteiger partial charge in [0.15, 0.2) is 0 Å². The molecule has 1 N–H and O–H groups in total. The van der Waals surface area contributed by atoms with Crippen LogP contribution in [0.25, 0.3) is 6.08 Å². The van der Waals surface area contributed by atoms with Crippen LogP contribution in [0.1, 0.15) is 11.1 Å². The van der Waals surface area contributed by atoms with Crippen molar-refractivity contribution in [1.29, 1.82) is 0 Å². The molecule has 0 spiro atoms. The van der Waals surface area contributed by atoms with Crippen molar-refractivity contribution in [2.75, 3.05) is 12.4 Å². The summed E-state index contributed by atoms with van der Waals surface area (Å²) < 4.78 is 5.21. The van der Waals surface area contributed by atoms with E-state index in [1.54, 1.807) is 13.2 Å². The molecule has 0 aromatic heterocycles. The molecular formula is C24H19ClN2O3S. The Hall–Kier alpha value is -3.22. The number of rotatable bonds is 6. The number of halogens is 1. The quantitative estimate of drug-likeness (QED) is 0.445. The van der Waals surface area contributed by atoms with Crippen LogP contribution >= 0.6 is 23.4 Å². The number of hydrogen-bond donors (Lipinski definition) is 1. The highest BCUT2D eigenvalue weighted by Crippen LogP contribution is 2.34. The van der Waals surface area contributed by atoms with Crippen LogP contribution in [0.5, 0.6) is 5.75 Å². The first kappa shape index (κ1) is 21.0. The van der Waals surface area contributed by atoms with Gasteiger partial charge in [-0.05, 0) is 77.5 Å². The third-order valence-electron chi connectivity index (χ3n) is 4.69. The fraction of sp³-hybridized carbons (Fsp3) is 0.0833. The molecule has 1 heterocycles.